The topological polar surface area (TPSA) is 55.9 Å². The van der Waals surface area contributed by atoms with Gasteiger partial charge in [-0.1, -0.05) is 43.9 Å². The molecular weight excluding hydrogens is 384 g/mol. The molecule has 1 saturated heterocycles. The molecule has 2 amide bonds. The average molecular weight is 427 g/mol. The van der Waals surface area contributed by atoms with Gasteiger partial charge in [0.15, 0.2) is 5.12 Å². The molecule has 6 nitrogen and oxygen atoms in total. The number of nitrogens with zero attached hydrogens (tertiary/aromatic N) is 3. The predicted octanol–water partition coefficient (Wildman–Crippen LogP) is 3.27. The third kappa shape index (κ3) is 9.71. The molecule has 1 heterocycles. The van der Waals surface area contributed by atoms with Crippen LogP contribution < -0.4 is 5.32 Å². The van der Waals surface area contributed by atoms with Crippen molar-refractivity contribution in [2.75, 3.05) is 59.1 Å². The summed E-state index contributed by atoms with van der Waals surface area (Å²) in [6, 6.07) is 0.725. The van der Waals surface area contributed by atoms with Gasteiger partial charge in [0, 0.05) is 44.9 Å². The Hall–Kier alpha value is -0.790. The fourth-order valence-electron chi connectivity index (χ4n) is 4.52. The van der Waals surface area contributed by atoms with Crippen LogP contribution in [-0.2, 0) is 4.79 Å². The number of hydrogen-bond acceptors (Lipinski definition) is 5. The summed E-state index contributed by atoms with van der Waals surface area (Å²) in [4.78, 5) is 30.7. The van der Waals surface area contributed by atoms with Crippen LogP contribution in [0.25, 0.3) is 0 Å². The lowest BCUT2D eigenvalue weighted by Gasteiger charge is -2.35. The van der Waals surface area contributed by atoms with Gasteiger partial charge in [0.1, 0.15) is 0 Å². The molecule has 0 aromatic rings. The Morgan fingerprint density at radius 3 is 2.34 bits per heavy atom. The van der Waals surface area contributed by atoms with Gasteiger partial charge in [-0.3, -0.25) is 4.79 Å². The number of amides is 2. The Morgan fingerprint density at radius 2 is 1.72 bits per heavy atom. The number of carbonyl (C=O) groups is 2. The monoisotopic (exact) mass is 426 g/mol. The summed E-state index contributed by atoms with van der Waals surface area (Å²) in [5, 5.41) is 3.25. The molecule has 0 aromatic carbocycles. The normalized spacial score (nSPS) is 19.4. The van der Waals surface area contributed by atoms with Crippen molar-refractivity contribution in [1.29, 1.82) is 0 Å². The third-order valence-corrected chi connectivity index (χ3v) is 7.27. The first-order valence-corrected chi connectivity index (χ1v) is 12.5. The summed E-state index contributed by atoms with van der Waals surface area (Å²) in [6.45, 7) is 6.89. The minimum absolute atomic E-state index is 0.0353. The van der Waals surface area contributed by atoms with Crippen molar-refractivity contribution in [2.24, 2.45) is 5.92 Å². The lowest BCUT2D eigenvalue weighted by atomic mass is 9.87. The van der Waals surface area contributed by atoms with Crippen LogP contribution in [-0.4, -0.2) is 91.0 Å². The molecule has 0 spiro atoms. The van der Waals surface area contributed by atoms with E-state index in [1.807, 2.05) is 4.90 Å². The zero-order valence-corrected chi connectivity index (χ0v) is 19.6. The number of urea groups is 1. The van der Waals surface area contributed by atoms with E-state index in [1.54, 1.807) is 6.92 Å². The van der Waals surface area contributed by atoms with E-state index in [0.29, 0.717) is 24.9 Å². The highest BCUT2D eigenvalue weighted by molar-refractivity contribution is 8.13. The van der Waals surface area contributed by atoms with E-state index >= 15 is 0 Å². The molecular formula is C22H42N4O2S. The minimum atomic E-state index is 0.0353. The fraction of sp³-hybridized carbons (Fsp3) is 0.909. The summed E-state index contributed by atoms with van der Waals surface area (Å²) in [5.74, 6) is 1.45. The van der Waals surface area contributed by atoms with Gasteiger partial charge in [-0.15, -0.1) is 0 Å². The Labute approximate surface area is 182 Å². The molecule has 7 heteroatoms. The second-order valence-corrected chi connectivity index (χ2v) is 10.2. The molecule has 0 unspecified atom stereocenters. The van der Waals surface area contributed by atoms with E-state index in [2.05, 4.69) is 29.2 Å². The number of nitrogens with one attached hydrogen (secondary N) is 1. The van der Waals surface area contributed by atoms with Gasteiger partial charge in [0.2, 0.25) is 0 Å². The zero-order chi connectivity index (χ0) is 21.1. The van der Waals surface area contributed by atoms with Crippen molar-refractivity contribution in [2.45, 2.75) is 64.3 Å². The van der Waals surface area contributed by atoms with Gasteiger partial charge in [0.05, 0.1) is 0 Å². The zero-order valence-electron chi connectivity index (χ0n) is 18.8. The van der Waals surface area contributed by atoms with Crippen molar-refractivity contribution in [3.63, 3.8) is 0 Å². The van der Waals surface area contributed by atoms with E-state index in [1.165, 1.54) is 56.7 Å². The van der Waals surface area contributed by atoms with E-state index in [9.17, 15) is 9.59 Å². The third-order valence-electron chi connectivity index (χ3n) is 6.48. The van der Waals surface area contributed by atoms with Crippen molar-refractivity contribution < 1.29 is 9.59 Å². The smallest absolute Gasteiger partial charge is 0.317 e. The first-order valence-electron chi connectivity index (χ1n) is 11.5. The molecule has 1 aliphatic carbocycles. The second-order valence-electron chi connectivity index (χ2n) is 8.89. The number of likely N-dealkylation sites (tertiary alicyclic amines) is 1. The number of carbonyl (C=O) groups excluding carboxylic acids is 2. The average Bonchev–Trinajstić information content (AvgIpc) is 2.71. The highest BCUT2D eigenvalue weighted by Gasteiger charge is 2.21. The van der Waals surface area contributed by atoms with Gasteiger partial charge >= 0.3 is 6.03 Å². The number of thioether (sulfide) groups is 1. The van der Waals surface area contributed by atoms with Crippen LogP contribution in [0.15, 0.2) is 0 Å². The van der Waals surface area contributed by atoms with Crippen LogP contribution in [0.5, 0.6) is 0 Å². The molecule has 168 valence electrons. The Kier molecular flexibility index (Phi) is 11.4. The summed E-state index contributed by atoms with van der Waals surface area (Å²) in [5.41, 5.74) is 0. The highest BCUT2D eigenvalue weighted by Crippen LogP contribution is 2.26. The maximum atomic E-state index is 12.8. The van der Waals surface area contributed by atoms with Gasteiger partial charge in [-0.2, -0.15) is 0 Å². The number of hydrogen-bond donors (Lipinski definition) is 1. The molecule has 0 radical (unpaired) electrons. The first-order chi connectivity index (χ1) is 14.0. The lowest BCUT2D eigenvalue weighted by Crippen LogP contribution is -2.47. The summed E-state index contributed by atoms with van der Waals surface area (Å²) >= 11 is 1.31. The quantitative estimate of drug-likeness (QED) is 0.581. The predicted molar refractivity (Wildman–Crippen MR) is 122 cm³/mol. The van der Waals surface area contributed by atoms with Crippen molar-refractivity contribution in [3.05, 3.63) is 0 Å². The van der Waals surface area contributed by atoms with E-state index < -0.39 is 0 Å². The summed E-state index contributed by atoms with van der Waals surface area (Å²) in [6.07, 6.45) is 10.1. The van der Waals surface area contributed by atoms with Crippen LogP contribution >= 0.6 is 11.8 Å². The van der Waals surface area contributed by atoms with Crippen LogP contribution in [0.4, 0.5) is 4.79 Å². The second kappa shape index (κ2) is 13.5. The van der Waals surface area contributed by atoms with Crippen LogP contribution in [0.3, 0.4) is 0 Å². The lowest BCUT2D eigenvalue weighted by molar-refractivity contribution is -0.109. The van der Waals surface area contributed by atoms with Crippen LogP contribution in [0.1, 0.15) is 58.3 Å². The summed E-state index contributed by atoms with van der Waals surface area (Å²) < 4.78 is 0. The summed E-state index contributed by atoms with van der Waals surface area (Å²) in [7, 11) is 4.32. The Bertz CT molecular complexity index is 489. The number of piperidine rings is 1. The molecule has 2 fully saturated rings. The van der Waals surface area contributed by atoms with E-state index in [0.717, 1.165) is 38.5 Å². The largest absolute Gasteiger partial charge is 0.337 e. The molecule has 2 rings (SSSR count). The molecule has 0 atom stereocenters. The van der Waals surface area contributed by atoms with Crippen LogP contribution in [0.2, 0.25) is 0 Å². The van der Waals surface area contributed by atoms with Crippen LogP contribution in [0, 0.1) is 5.92 Å². The van der Waals surface area contributed by atoms with Gasteiger partial charge < -0.3 is 20.0 Å². The van der Waals surface area contributed by atoms with Crippen molar-refractivity contribution in [1.82, 2.24) is 20.0 Å². The Balaban J connectivity index is 1.71. The van der Waals surface area contributed by atoms with Crippen molar-refractivity contribution >= 4 is 22.9 Å². The SMILES string of the molecule is CC(=O)SCCN(CCC1CCCCC1)C(=O)NCCN1CCC(N(C)C)CC1. The molecule has 1 aliphatic heterocycles. The highest BCUT2D eigenvalue weighted by atomic mass is 32.2. The van der Waals surface area contributed by atoms with Gasteiger partial charge in [-0.25, -0.2) is 4.79 Å². The molecule has 29 heavy (non-hydrogen) atoms. The molecule has 1 N–H and O–H groups in total. The maximum Gasteiger partial charge on any atom is 0.317 e. The van der Waals surface area contributed by atoms with Gasteiger partial charge in [0.25, 0.3) is 0 Å². The maximum absolute atomic E-state index is 12.8. The molecule has 2 aliphatic rings. The van der Waals surface area contributed by atoms with E-state index in [-0.39, 0.29) is 11.1 Å². The standard InChI is InChI=1S/C22H42N4O2S/c1-19(27)29-18-17-26(15-9-20-7-5-4-6-8-20)22(28)23-12-16-25-13-10-21(11-14-25)24(2)3/h20-21H,4-18H2,1-3H3,(H,23,28). The Morgan fingerprint density at radius 1 is 1.03 bits per heavy atom. The number of rotatable bonds is 10. The fourth-order valence-corrected chi connectivity index (χ4v) is 5.12. The first kappa shape index (κ1) is 24.5. The molecule has 0 aromatic heterocycles. The molecule has 1 saturated carbocycles. The van der Waals surface area contributed by atoms with Gasteiger partial charge in [-0.05, 0) is 52.4 Å². The molecule has 0 bridgehead atoms. The van der Waals surface area contributed by atoms with Crippen molar-refractivity contribution in [3.8, 4) is 0 Å². The minimum Gasteiger partial charge on any atom is -0.337 e. The van der Waals surface area contributed by atoms with E-state index in [4.69, 9.17) is 0 Å².